The SMILES string of the molecule is CCC1OC(C)C(OP)C(OP)C1OP.CCC1OC(OP)C(OP)C(OP)C1OP.CCC1OC(Oc2ccc([N+](=O)[O-])cc2)C(OP)C(OP)C1OP.OCC1OC(OP)C(OP)C(OP)C1OP.[NH-]CC1OC(Oc2ccc([N+](=O)[O-])cc2)C(O)C(O)C1O. The molecule has 5 fully saturated rings. The van der Waals surface area contributed by atoms with Gasteiger partial charge in [-0.2, -0.15) is 0 Å². The van der Waals surface area contributed by atoms with Gasteiger partial charge in [0.1, 0.15) is 103 Å². The summed E-state index contributed by atoms with van der Waals surface area (Å²) in [6, 6.07) is 10.8. The van der Waals surface area contributed by atoms with E-state index in [0.717, 1.165) is 12.8 Å². The summed E-state index contributed by atoms with van der Waals surface area (Å²) in [5, 5.41) is 59.5. The molecule has 0 bridgehead atoms. The van der Waals surface area contributed by atoms with Crippen molar-refractivity contribution < 1.29 is 127 Å². The van der Waals surface area contributed by atoms with Crippen molar-refractivity contribution in [3.05, 3.63) is 74.5 Å². The van der Waals surface area contributed by atoms with Gasteiger partial charge in [-0.25, -0.2) is 0 Å². The average molecular weight is 1580 g/mol. The highest BCUT2D eigenvalue weighted by atomic mass is 31.1. The number of aliphatic hydroxyl groups is 4. The second kappa shape index (κ2) is 47.2. The summed E-state index contributed by atoms with van der Waals surface area (Å²) in [6.07, 6.45) is -11.0. The second-order valence-corrected chi connectivity index (χ2v) is 23.7. The van der Waals surface area contributed by atoms with Crippen LogP contribution in [0.2, 0.25) is 0 Å². The van der Waals surface area contributed by atoms with Gasteiger partial charge in [-0.15, -0.1) is 6.54 Å². The molecule has 0 aliphatic carbocycles. The van der Waals surface area contributed by atoms with Crippen LogP contribution in [0.15, 0.2) is 48.5 Å². The van der Waals surface area contributed by atoms with E-state index >= 15 is 0 Å². The molecule has 5 N–H and O–H groups in total. The molecule has 0 aromatic heterocycles. The predicted octanol–water partition coefficient (Wildman–Crippen LogP) is 5.67. The van der Waals surface area contributed by atoms with Crippen LogP contribution >= 0.6 is 133 Å². The Hall–Kier alpha value is 1.90. The Balaban J connectivity index is 0.000000304. The molecule has 39 atom stereocenters. The molecule has 7 rings (SSSR count). The van der Waals surface area contributed by atoms with Gasteiger partial charge >= 0.3 is 0 Å². The zero-order chi connectivity index (χ0) is 68.9. The van der Waals surface area contributed by atoms with E-state index in [1.165, 1.54) is 48.5 Å². The number of hydrogen-bond donors (Lipinski definition) is 4. The highest BCUT2D eigenvalue weighted by molar-refractivity contribution is 7.12. The van der Waals surface area contributed by atoms with Gasteiger partial charge in [0.15, 0.2) is 18.7 Å². The predicted molar refractivity (Wildman–Crippen MR) is 378 cm³/mol. The Morgan fingerprint density at radius 2 is 0.685 bits per heavy atom. The molecule has 0 amide bonds. The van der Waals surface area contributed by atoms with E-state index in [0.29, 0.717) is 12.2 Å². The van der Waals surface area contributed by atoms with Crippen LogP contribution in [0.1, 0.15) is 47.0 Å². The maximum atomic E-state index is 10.7. The molecule has 2 aromatic carbocycles. The van der Waals surface area contributed by atoms with Gasteiger partial charge < -0.3 is 123 Å². The molecule has 32 nitrogen and oxygen atoms in total. The van der Waals surface area contributed by atoms with Crippen molar-refractivity contribution in [1.29, 1.82) is 0 Å². The third-order valence-electron chi connectivity index (χ3n) is 14.6. The normalized spacial score (nSPS) is 36.0. The van der Waals surface area contributed by atoms with Crippen LogP contribution in [-0.4, -0.2) is 197 Å². The summed E-state index contributed by atoms with van der Waals surface area (Å²) < 4.78 is 113. The molecule has 5 saturated heterocycles. The Labute approximate surface area is 567 Å². The molecule has 39 unspecified atom stereocenters. The second-order valence-electron chi connectivity index (χ2n) is 19.9. The Morgan fingerprint density at radius 1 is 0.391 bits per heavy atom. The minimum Gasteiger partial charge on any atom is -0.675 e. The minimum atomic E-state index is -1.50. The standard InChI is InChI=1S/C13H20NO7P3.C12H15N2O7.C8H19O4P3.C7H18O5P4.C6H16O6P4/c1-2-9-10(19-22)11(20-23)12(21-24)13(18-9)17-8-5-3-7(4-6-8)14(15)16;13-5-8-9(15)10(16)11(17)12(21-8)20-7-3-1-6(2-4-7)14(18)19;1-3-5-7(11-14)8(12-15)6(10-13)4(2)9-5;1-2-3-4(9-13)5(10-14)6(11-15)7(8-3)12-16;7-1-2-3(9-13)4(10-14)5(11-15)6(8-2)12-16/h3-6,9-13H,2,22-24H2,1H3;1-4,8-13,15-17H,5H2;4-8H,3,13-15H2,1-2H3;3-7H,2,13-16H2,1H3;2-7H,1,13-16H2/q;-1;;;. The lowest BCUT2D eigenvalue weighted by Gasteiger charge is -2.44. The third-order valence-corrected chi connectivity index (χ3v) is 19.0. The first-order valence-electron chi connectivity index (χ1n) is 27.5. The topological polar surface area (TPSA) is 385 Å². The van der Waals surface area contributed by atoms with E-state index < -0.39 is 96.0 Å². The molecule has 5 heterocycles. The van der Waals surface area contributed by atoms with E-state index in [2.05, 4.69) is 139 Å². The number of benzene rings is 2. The van der Waals surface area contributed by atoms with Gasteiger partial charge in [-0.1, -0.05) is 20.8 Å². The van der Waals surface area contributed by atoms with E-state index in [4.69, 9.17) is 102 Å². The number of ether oxygens (including phenoxy) is 7. The molecular weight excluding hydrogens is 1490 g/mol. The fraction of sp³-hybridized carbons (Fsp3) is 0.739. The summed E-state index contributed by atoms with van der Waals surface area (Å²) in [5.74, 6) is 0.622. The first-order chi connectivity index (χ1) is 44.1. The Kier molecular flexibility index (Phi) is 45.2. The molecule has 5 aliphatic rings. The lowest BCUT2D eigenvalue weighted by Crippen LogP contribution is -2.59. The number of aliphatic hydroxyl groups excluding tert-OH is 4. The van der Waals surface area contributed by atoms with E-state index in [1.807, 2.05) is 20.8 Å². The number of non-ortho nitro benzene ring substituents is 2. The van der Waals surface area contributed by atoms with E-state index in [-0.39, 0.29) is 97.4 Å². The fourth-order valence-electron chi connectivity index (χ4n) is 9.82. The smallest absolute Gasteiger partial charge is 0.269 e. The first kappa shape index (κ1) is 88.1. The molecule has 0 spiro atoms. The summed E-state index contributed by atoms with van der Waals surface area (Å²) in [5.41, 5.74) is 7.09. The van der Waals surface area contributed by atoms with Crippen LogP contribution in [0.3, 0.4) is 0 Å². The summed E-state index contributed by atoms with van der Waals surface area (Å²) in [4.78, 5) is 20.2. The monoisotopic (exact) mass is 1580 g/mol. The number of hydrogen-bond acceptors (Lipinski definition) is 29. The molecule has 5 aliphatic heterocycles. The summed E-state index contributed by atoms with van der Waals surface area (Å²) >= 11 is 0. The summed E-state index contributed by atoms with van der Waals surface area (Å²) in [6.45, 7) is 7.51. The van der Waals surface area contributed by atoms with E-state index in [1.54, 1.807) is 0 Å². The maximum Gasteiger partial charge on any atom is 0.269 e. The van der Waals surface area contributed by atoms with Crippen molar-refractivity contribution in [2.45, 2.75) is 200 Å². The van der Waals surface area contributed by atoms with Crippen molar-refractivity contribution in [3.63, 3.8) is 0 Å². The van der Waals surface area contributed by atoms with Crippen LogP contribution in [0.4, 0.5) is 11.4 Å². The number of rotatable bonds is 25. The van der Waals surface area contributed by atoms with E-state index in [9.17, 15) is 40.7 Å². The lowest BCUT2D eigenvalue weighted by molar-refractivity contribution is -0.385. The number of nitro groups is 2. The molecule has 0 saturated carbocycles. The molecule has 532 valence electrons. The van der Waals surface area contributed by atoms with Crippen molar-refractivity contribution in [2.75, 3.05) is 13.2 Å². The lowest BCUT2D eigenvalue weighted by atomic mass is 9.94. The molecule has 2 aromatic rings. The molecule has 0 radical (unpaired) electrons. The van der Waals surface area contributed by atoms with Gasteiger partial charge in [0, 0.05) is 157 Å². The maximum absolute atomic E-state index is 10.7. The van der Waals surface area contributed by atoms with Crippen LogP contribution in [0.25, 0.3) is 5.73 Å². The van der Waals surface area contributed by atoms with Crippen molar-refractivity contribution in [2.24, 2.45) is 0 Å². The number of nitro benzene ring substituents is 2. The number of nitrogens with zero attached hydrogens (tertiary/aromatic N) is 2. The summed E-state index contributed by atoms with van der Waals surface area (Å²) in [7, 11) is 30.7. The zero-order valence-corrected chi connectivity index (χ0v) is 66.2. The van der Waals surface area contributed by atoms with Crippen LogP contribution in [0.5, 0.6) is 11.5 Å². The minimum absolute atomic E-state index is 0.00519. The Bertz CT molecular complexity index is 2270. The van der Waals surface area contributed by atoms with Crippen molar-refractivity contribution >= 4 is 144 Å². The van der Waals surface area contributed by atoms with Gasteiger partial charge in [0.25, 0.3) is 11.4 Å². The largest absolute Gasteiger partial charge is 0.675 e. The van der Waals surface area contributed by atoms with Crippen molar-refractivity contribution in [1.82, 2.24) is 0 Å². The first-order valence-corrected chi connectivity index (χ1v) is 34.1. The zero-order valence-electron chi connectivity index (χ0n) is 50.1. The highest BCUT2D eigenvalue weighted by Crippen LogP contribution is 2.38. The van der Waals surface area contributed by atoms with Crippen LogP contribution in [0, 0.1) is 20.2 Å². The molecule has 92 heavy (non-hydrogen) atoms. The number of nitrogens with one attached hydrogen (secondary N) is 1. The van der Waals surface area contributed by atoms with Crippen LogP contribution < -0.4 is 9.47 Å². The van der Waals surface area contributed by atoms with Gasteiger partial charge in [-0.05, 0) is 50.5 Å². The van der Waals surface area contributed by atoms with Crippen LogP contribution in [-0.2, 0) is 87.0 Å². The van der Waals surface area contributed by atoms with Gasteiger partial charge in [0.2, 0.25) is 12.6 Å². The quantitative estimate of drug-likeness (QED) is 0.0528. The average Bonchev–Trinajstić information content (AvgIpc) is 0.863. The highest BCUT2D eigenvalue weighted by Gasteiger charge is 2.51. The van der Waals surface area contributed by atoms with Gasteiger partial charge in [0.05, 0.1) is 47.0 Å². The van der Waals surface area contributed by atoms with Gasteiger partial charge in [-0.3, -0.25) is 20.2 Å². The third kappa shape index (κ3) is 24.5. The fourth-order valence-corrected chi connectivity index (χ4v) is 14.0. The van der Waals surface area contributed by atoms with Crippen molar-refractivity contribution in [3.8, 4) is 11.5 Å². The molecule has 46 heteroatoms. The Morgan fingerprint density at radius 3 is 1.00 bits per heavy atom. The molecular formula is C46H88N3O29P14-.